The largest absolute Gasteiger partial charge is 0.507 e. The van der Waals surface area contributed by atoms with Crippen molar-refractivity contribution in [3.63, 3.8) is 0 Å². The van der Waals surface area contributed by atoms with Crippen molar-refractivity contribution in [3.05, 3.63) is 35.5 Å². The van der Waals surface area contributed by atoms with Gasteiger partial charge in [-0.25, -0.2) is 0 Å². The summed E-state index contributed by atoms with van der Waals surface area (Å²) in [5.74, 6) is 1.58. The van der Waals surface area contributed by atoms with E-state index in [9.17, 15) is 5.11 Å². The third-order valence-electron chi connectivity index (χ3n) is 3.25. The molecule has 0 heterocycles. The summed E-state index contributed by atoms with van der Waals surface area (Å²) in [6, 6.07) is 7.44. The van der Waals surface area contributed by atoms with Crippen LogP contribution in [0.5, 0.6) is 17.2 Å². The second-order valence-electron chi connectivity index (χ2n) is 6.13. The van der Waals surface area contributed by atoms with Gasteiger partial charge in [-0.2, -0.15) is 0 Å². The Morgan fingerprint density at radius 2 is 1.62 bits per heavy atom. The molecule has 0 radical (unpaired) electrons. The molecule has 0 aliphatic heterocycles. The van der Waals surface area contributed by atoms with Crippen molar-refractivity contribution in [1.82, 2.24) is 0 Å². The predicted molar refractivity (Wildman–Crippen MR) is 91.1 cm³/mol. The highest BCUT2D eigenvalue weighted by atomic mass is 28.3. The number of fused-ring (bicyclic) bond motifs is 1. The fourth-order valence-corrected chi connectivity index (χ4v) is 2.91. The van der Waals surface area contributed by atoms with Gasteiger partial charge in [-0.3, -0.25) is 0 Å². The number of hydrogen-bond donors (Lipinski definition) is 1. The minimum Gasteiger partial charge on any atom is -0.507 e. The fraction of sp³-hybridized carbons (Fsp3) is 0.294. The van der Waals surface area contributed by atoms with Crippen LogP contribution in [0.15, 0.2) is 30.0 Å². The summed E-state index contributed by atoms with van der Waals surface area (Å²) < 4.78 is 10.7. The van der Waals surface area contributed by atoms with Crippen LogP contribution < -0.4 is 9.47 Å². The molecule has 112 valence electrons. The molecule has 0 aromatic heterocycles. The first-order valence-corrected chi connectivity index (χ1v) is 10.5. The van der Waals surface area contributed by atoms with E-state index in [4.69, 9.17) is 9.47 Å². The Balaban J connectivity index is 2.66. The summed E-state index contributed by atoms with van der Waals surface area (Å²) in [7, 11) is 1.94. The summed E-state index contributed by atoms with van der Waals surface area (Å²) in [6.07, 6.45) is 2.07. The van der Waals surface area contributed by atoms with Crippen LogP contribution in [-0.2, 0) is 0 Å². The molecule has 2 aromatic carbocycles. The summed E-state index contributed by atoms with van der Waals surface area (Å²) in [5, 5.41) is 11.9. The average Bonchev–Trinajstić information content (AvgIpc) is 2.43. The number of benzene rings is 2. The quantitative estimate of drug-likeness (QED) is 0.848. The number of methoxy groups -OCH3 is 2. The smallest absolute Gasteiger partial charge is 0.130 e. The highest BCUT2D eigenvalue weighted by Crippen LogP contribution is 2.39. The topological polar surface area (TPSA) is 38.7 Å². The molecule has 0 saturated heterocycles. The molecule has 2 aromatic rings. The van der Waals surface area contributed by atoms with E-state index in [2.05, 4.69) is 31.4 Å². The van der Waals surface area contributed by atoms with E-state index in [0.29, 0.717) is 11.1 Å². The highest BCUT2D eigenvalue weighted by molar-refractivity contribution is 6.81. The maximum absolute atomic E-state index is 10.4. The Kier molecular flexibility index (Phi) is 4.28. The van der Waals surface area contributed by atoms with Gasteiger partial charge in [-0.1, -0.05) is 31.4 Å². The minimum atomic E-state index is -1.28. The molecule has 0 saturated carbocycles. The van der Waals surface area contributed by atoms with Crippen LogP contribution >= 0.6 is 0 Å². The standard InChI is InChI=1S/C17H22O3Si/c1-19-15-6-7-16(20-2)17-13(15)10-12(11-14(17)18)8-9-21(3,4)5/h6-11,18H,1-5H3/b9-8+. The van der Waals surface area contributed by atoms with Crippen LogP contribution in [0.3, 0.4) is 0 Å². The van der Waals surface area contributed by atoms with Gasteiger partial charge < -0.3 is 14.6 Å². The summed E-state index contributed by atoms with van der Waals surface area (Å²) in [6.45, 7) is 6.82. The number of aromatic hydroxyl groups is 1. The van der Waals surface area contributed by atoms with Crippen molar-refractivity contribution in [2.75, 3.05) is 14.2 Å². The number of ether oxygens (including phenoxy) is 2. The Morgan fingerprint density at radius 1 is 1.00 bits per heavy atom. The summed E-state index contributed by atoms with van der Waals surface area (Å²) in [5.41, 5.74) is 3.22. The average molecular weight is 302 g/mol. The van der Waals surface area contributed by atoms with Crippen LogP contribution in [0, 0.1) is 0 Å². The summed E-state index contributed by atoms with van der Waals surface area (Å²) >= 11 is 0. The van der Waals surface area contributed by atoms with Crippen molar-refractivity contribution in [2.45, 2.75) is 19.6 Å². The number of rotatable bonds is 4. The molecular formula is C17H22O3Si. The fourth-order valence-electron chi connectivity index (χ4n) is 2.22. The van der Waals surface area contributed by atoms with Gasteiger partial charge in [-0.15, -0.1) is 0 Å². The van der Waals surface area contributed by atoms with Crippen molar-refractivity contribution in [2.24, 2.45) is 0 Å². The molecule has 0 bridgehead atoms. The lowest BCUT2D eigenvalue weighted by Crippen LogP contribution is -2.15. The molecule has 0 amide bonds. The monoisotopic (exact) mass is 302 g/mol. The lowest BCUT2D eigenvalue weighted by molar-refractivity contribution is 0.407. The van der Waals surface area contributed by atoms with Crippen molar-refractivity contribution in [1.29, 1.82) is 0 Å². The molecule has 0 aliphatic carbocycles. The Bertz CT molecular complexity index is 684. The molecule has 2 rings (SSSR count). The van der Waals surface area contributed by atoms with Gasteiger partial charge in [0.2, 0.25) is 0 Å². The number of phenolic OH excluding ortho intramolecular Hbond substituents is 1. The van der Waals surface area contributed by atoms with E-state index in [0.717, 1.165) is 16.7 Å². The third kappa shape index (κ3) is 3.39. The van der Waals surface area contributed by atoms with Crippen molar-refractivity contribution >= 4 is 24.9 Å². The Labute approximate surface area is 126 Å². The first-order chi connectivity index (χ1) is 9.85. The lowest BCUT2D eigenvalue weighted by atomic mass is 10.0. The van der Waals surface area contributed by atoms with Crippen LogP contribution in [0.1, 0.15) is 5.56 Å². The van der Waals surface area contributed by atoms with Gasteiger partial charge in [0.25, 0.3) is 0 Å². The predicted octanol–water partition coefficient (Wildman–Crippen LogP) is 4.45. The molecule has 1 N–H and O–H groups in total. The second-order valence-corrected chi connectivity index (χ2v) is 11.2. The lowest BCUT2D eigenvalue weighted by Gasteiger charge is -2.13. The van der Waals surface area contributed by atoms with Crippen LogP contribution in [0.2, 0.25) is 19.6 Å². The molecule has 0 spiro atoms. The van der Waals surface area contributed by atoms with Gasteiger partial charge in [0.05, 0.1) is 27.7 Å². The van der Waals surface area contributed by atoms with E-state index in [1.165, 1.54) is 0 Å². The first kappa shape index (κ1) is 15.4. The van der Waals surface area contributed by atoms with Crippen LogP contribution in [0.4, 0.5) is 0 Å². The van der Waals surface area contributed by atoms with E-state index in [1.807, 2.05) is 12.1 Å². The zero-order chi connectivity index (χ0) is 15.6. The molecular weight excluding hydrogens is 280 g/mol. The van der Waals surface area contributed by atoms with Gasteiger partial charge >= 0.3 is 0 Å². The second kappa shape index (κ2) is 5.82. The van der Waals surface area contributed by atoms with Crippen molar-refractivity contribution in [3.8, 4) is 17.2 Å². The van der Waals surface area contributed by atoms with Gasteiger partial charge in [0.15, 0.2) is 0 Å². The van der Waals surface area contributed by atoms with E-state index < -0.39 is 8.07 Å². The molecule has 4 heteroatoms. The Morgan fingerprint density at radius 3 is 2.19 bits per heavy atom. The van der Waals surface area contributed by atoms with E-state index in [1.54, 1.807) is 26.4 Å². The molecule has 0 unspecified atom stereocenters. The Hall–Kier alpha value is -1.94. The SMILES string of the molecule is COc1ccc(OC)c2c(O)cc(/C=C/[Si](C)(C)C)cc12. The van der Waals surface area contributed by atoms with Crippen LogP contribution in [0.25, 0.3) is 16.8 Å². The number of hydrogen-bond acceptors (Lipinski definition) is 3. The van der Waals surface area contributed by atoms with E-state index >= 15 is 0 Å². The van der Waals surface area contributed by atoms with Gasteiger partial charge in [0.1, 0.15) is 17.2 Å². The molecule has 3 nitrogen and oxygen atoms in total. The third-order valence-corrected chi connectivity index (χ3v) is 4.42. The van der Waals surface area contributed by atoms with Gasteiger partial charge in [0, 0.05) is 5.39 Å². The first-order valence-electron chi connectivity index (χ1n) is 6.92. The molecule has 0 fully saturated rings. The molecule has 21 heavy (non-hydrogen) atoms. The minimum absolute atomic E-state index is 0.207. The summed E-state index contributed by atoms with van der Waals surface area (Å²) in [4.78, 5) is 0. The normalized spacial score (nSPS) is 12.0. The van der Waals surface area contributed by atoms with Crippen molar-refractivity contribution < 1.29 is 14.6 Å². The van der Waals surface area contributed by atoms with Crippen LogP contribution in [-0.4, -0.2) is 27.4 Å². The zero-order valence-electron chi connectivity index (χ0n) is 13.2. The molecule has 0 aliphatic rings. The maximum atomic E-state index is 10.4. The molecule has 0 atom stereocenters. The number of phenols is 1. The highest BCUT2D eigenvalue weighted by Gasteiger charge is 2.13. The van der Waals surface area contributed by atoms with Gasteiger partial charge in [-0.05, 0) is 29.8 Å². The zero-order valence-corrected chi connectivity index (χ0v) is 14.2. The van der Waals surface area contributed by atoms with E-state index in [-0.39, 0.29) is 5.75 Å². The maximum Gasteiger partial charge on any atom is 0.130 e.